The number of fused-ring (bicyclic) bond motifs is 6. The summed E-state index contributed by atoms with van der Waals surface area (Å²) < 4.78 is 48.4. The Kier molecular flexibility index (Phi) is 5.98. The van der Waals surface area contributed by atoms with Crippen LogP contribution in [0.25, 0.3) is 43.3 Å². The van der Waals surface area contributed by atoms with E-state index in [2.05, 4.69) is 9.69 Å². The normalized spacial score (nSPS) is 14.9. The zero-order chi connectivity index (χ0) is 27.4. The van der Waals surface area contributed by atoms with E-state index in [0.717, 1.165) is 6.26 Å². The highest BCUT2D eigenvalue weighted by atomic mass is 32.2. The Hall–Kier alpha value is -4.58. The van der Waals surface area contributed by atoms with E-state index in [1.54, 1.807) is 30.3 Å². The Morgan fingerprint density at radius 1 is 0.921 bits per heavy atom. The molecule has 3 aromatic rings. The monoisotopic (exact) mass is 535 g/mol. The van der Waals surface area contributed by atoms with E-state index in [9.17, 15) is 27.7 Å². The van der Waals surface area contributed by atoms with Gasteiger partial charge in [0.25, 0.3) is 11.4 Å². The van der Waals surface area contributed by atoms with Crippen molar-refractivity contribution >= 4 is 32.3 Å². The van der Waals surface area contributed by atoms with Gasteiger partial charge in [0, 0.05) is 17.2 Å². The number of nitriles is 2. The van der Waals surface area contributed by atoms with Crippen LogP contribution in [-0.2, 0) is 39.5 Å². The van der Waals surface area contributed by atoms with Gasteiger partial charge in [0.05, 0.1) is 30.2 Å². The summed E-state index contributed by atoms with van der Waals surface area (Å²) in [5, 5.41) is 20.6. The van der Waals surface area contributed by atoms with E-state index in [1.165, 1.54) is 6.07 Å². The fourth-order valence-electron chi connectivity index (χ4n) is 5.63. The maximum Gasteiger partial charge on any atom is 0.270 e. The first-order valence-corrected chi connectivity index (χ1v) is 14.3. The maximum absolute atomic E-state index is 12.6. The van der Waals surface area contributed by atoms with Gasteiger partial charge < -0.3 is 4.55 Å². The second kappa shape index (κ2) is 9.06. The van der Waals surface area contributed by atoms with Crippen molar-refractivity contribution in [1.29, 1.82) is 10.5 Å². The molecule has 10 heteroatoms. The van der Waals surface area contributed by atoms with Gasteiger partial charge in [-0.1, -0.05) is 41.4 Å². The van der Waals surface area contributed by atoms with Crippen LogP contribution in [0, 0.1) is 35.8 Å². The smallest absolute Gasteiger partial charge is 0.270 e. The van der Waals surface area contributed by atoms with Gasteiger partial charge in [-0.25, -0.2) is 28.6 Å². The number of rotatable bonds is 3. The molecule has 2 aliphatic carbocycles. The molecule has 0 saturated heterocycles. The van der Waals surface area contributed by atoms with Crippen LogP contribution in [-0.4, -0.2) is 23.4 Å². The van der Waals surface area contributed by atoms with Crippen molar-refractivity contribution in [3.05, 3.63) is 97.5 Å². The minimum Gasteiger partial charge on any atom is -0.772 e. The summed E-state index contributed by atoms with van der Waals surface area (Å²) in [5.74, 6) is -0.239. The first-order valence-electron chi connectivity index (χ1n) is 11.2. The lowest BCUT2D eigenvalue weighted by Crippen LogP contribution is -2.25. The lowest BCUT2D eigenvalue weighted by atomic mass is 9.90. The first kappa shape index (κ1) is 25.1. The molecule has 0 N–H and O–H groups in total. The number of sulfone groups is 1. The van der Waals surface area contributed by atoms with Gasteiger partial charge in [0.2, 0.25) is 0 Å². The SMILES string of the molecule is [C-]#[N+]/C(C#N)=c1\c2c(/c(=C(/C#N)[N+]#[C-])c3c1Cc1c-3cccc1S(C)(=O)=O)-c1cccc(CS(=O)[O-])c1C2. The van der Waals surface area contributed by atoms with Gasteiger partial charge in [-0.2, -0.15) is 0 Å². The Morgan fingerprint density at radius 3 is 1.97 bits per heavy atom. The zero-order valence-corrected chi connectivity index (χ0v) is 21.5. The second-order valence-corrected chi connectivity index (χ2v) is 11.8. The molecule has 3 aromatic carbocycles. The molecule has 2 aliphatic rings. The standard InChI is InChI=1S/C28H16N4O4S2/c1-31-22(12-29)25-20-10-18-15(14-37(33)34)6-4-7-16(18)26(20)28(23(13-30)32-2)27-17-8-5-9-24(38(3,35)36)19(17)11-21(25)27/h4-9H,10-11,14H2,3H3,(H,33,34)/p-1/b25-22+,28-23+. The molecule has 184 valence electrons. The van der Waals surface area contributed by atoms with E-state index in [1.807, 2.05) is 12.1 Å². The summed E-state index contributed by atoms with van der Waals surface area (Å²) in [5.41, 5.74) is 4.46. The topological polar surface area (TPSA) is 131 Å². The van der Waals surface area contributed by atoms with Gasteiger partial charge in [-0.15, -0.1) is 0 Å². The van der Waals surface area contributed by atoms with Crippen molar-refractivity contribution in [1.82, 2.24) is 0 Å². The second-order valence-electron chi connectivity index (χ2n) is 8.90. The molecule has 0 fully saturated rings. The molecule has 38 heavy (non-hydrogen) atoms. The highest BCUT2D eigenvalue weighted by molar-refractivity contribution is 7.90. The van der Waals surface area contributed by atoms with Crippen molar-refractivity contribution in [2.24, 2.45) is 0 Å². The number of hydrogen-bond donors (Lipinski definition) is 0. The predicted octanol–water partition coefficient (Wildman–Crippen LogP) is 2.71. The largest absolute Gasteiger partial charge is 0.772 e. The molecule has 0 spiro atoms. The molecular weight excluding hydrogens is 520 g/mol. The average Bonchev–Trinajstić information content (AvgIpc) is 3.45. The molecule has 0 saturated carbocycles. The number of hydrogen-bond acceptors (Lipinski definition) is 6. The van der Waals surface area contributed by atoms with Gasteiger partial charge in [0.1, 0.15) is 0 Å². The quantitative estimate of drug-likeness (QED) is 0.258. The Morgan fingerprint density at radius 2 is 1.45 bits per heavy atom. The minimum atomic E-state index is -3.63. The average molecular weight is 536 g/mol. The molecule has 0 heterocycles. The maximum atomic E-state index is 12.6. The molecular formula is C28H15N4O4S2-. The van der Waals surface area contributed by atoms with Crippen molar-refractivity contribution in [2.45, 2.75) is 23.5 Å². The molecule has 1 unspecified atom stereocenters. The van der Waals surface area contributed by atoms with Gasteiger partial charge in [-0.05, 0) is 74.2 Å². The van der Waals surface area contributed by atoms with Crippen molar-refractivity contribution in [3.8, 4) is 34.4 Å². The molecule has 1 atom stereocenters. The summed E-state index contributed by atoms with van der Waals surface area (Å²) in [6.45, 7) is 15.5. The van der Waals surface area contributed by atoms with Gasteiger partial charge in [0.15, 0.2) is 9.84 Å². The summed E-state index contributed by atoms with van der Waals surface area (Å²) >= 11 is -2.37. The fraction of sp³-hybridized carbons (Fsp3) is 0.143. The van der Waals surface area contributed by atoms with Crippen molar-refractivity contribution < 1.29 is 17.2 Å². The van der Waals surface area contributed by atoms with Crippen molar-refractivity contribution in [2.75, 3.05) is 6.26 Å². The first-order chi connectivity index (χ1) is 18.2. The number of benzene rings is 3. The zero-order valence-electron chi connectivity index (χ0n) is 19.8. The summed E-state index contributed by atoms with van der Waals surface area (Å²) in [4.78, 5) is 7.06. The fourth-order valence-corrected chi connectivity index (χ4v) is 7.11. The van der Waals surface area contributed by atoms with Crippen LogP contribution < -0.4 is 10.4 Å². The third-order valence-corrected chi connectivity index (χ3v) is 8.67. The highest BCUT2D eigenvalue weighted by Crippen LogP contribution is 2.43. The van der Waals surface area contributed by atoms with Crippen LogP contribution >= 0.6 is 0 Å². The van der Waals surface area contributed by atoms with Gasteiger partial charge in [-0.3, -0.25) is 4.21 Å². The third-order valence-electron chi connectivity index (χ3n) is 6.94. The molecule has 0 bridgehead atoms. The highest BCUT2D eigenvalue weighted by Gasteiger charge is 2.34. The molecule has 0 aliphatic heterocycles. The van der Waals surface area contributed by atoms with Crippen LogP contribution in [0.2, 0.25) is 0 Å². The van der Waals surface area contributed by atoms with Gasteiger partial charge >= 0.3 is 0 Å². The minimum absolute atomic E-state index is 0.0920. The Labute approximate surface area is 221 Å². The summed E-state index contributed by atoms with van der Waals surface area (Å²) in [6.07, 6.45) is 1.39. The van der Waals surface area contributed by atoms with Crippen LogP contribution in [0.3, 0.4) is 0 Å². The predicted molar refractivity (Wildman–Crippen MR) is 139 cm³/mol. The Bertz CT molecular complexity index is 2020. The molecule has 0 amide bonds. The third kappa shape index (κ3) is 3.64. The number of nitrogens with zero attached hydrogens (tertiary/aromatic N) is 4. The van der Waals surface area contributed by atoms with E-state index < -0.39 is 20.9 Å². The van der Waals surface area contributed by atoms with Crippen LogP contribution in [0.15, 0.2) is 41.3 Å². The lowest BCUT2D eigenvalue weighted by Gasteiger charge is -2.13. The van der Waals surface area contributed by atoms with Crippen LogP contribution in [0.5, 0.6) is 0 Å². The van der Waals surface area contributed by atoms with E-state index in [-0.39, 0.29) is 34.9 Å². The van der Waals surface area contributed by atoms with E-state index in [0.29, 0.717) is 60.5 Å². The summed E-state index contributed by atoms with van der Waals surface area (Å²) in [7, 11) is -3.63. The lowest BCUT2D eigenvalue weighted by molar-refractivity contribution is 0.536. The molecule has 0 aromatic heterocycles. The van der Waals surface area contributed by atoms with Crippen LogP contribution in [0.1, 0.15) is 27.8 Å². The van der Waals surface area contributed by atoms with Crippen LogP contribution in [0.4, 0.5) is 0 Å². The van der Waals surface area contributed by atoms with E-state index in [4.69, 9.17) is 13.1 Å². The Balaban J connectivity index is 2.09. The molecule has 0 radical (unpaired) electrons. The summed E-state index contributed by atoms with van der Waals surface area (Å²) in [6, 6.07) is 13.9. The van der Waals surface area contributed by atoms with E-state index >= 15 is 0 Å². The molecule has 8 nitrogen and oxygen atoms in total. The molecule has 5 rings (SSSR count). The van der Waals surface area contributed by atoms with Crippen molar-refractivity contribution in [3.63, 3.8) is 0 Å².